The average molecular weight is 517 g/mol. The van der Waals surface area contributed by atoms with Crippen molar-refractivity contribution in [2.75, 3.05) is 0 Å². The number of H-pyrrole nitrogens is 1. The number of para-hydroxylation sites is 1. The number of amides is 3. The van der Waals surface area contributed by atoms with Gasteiger partial charge in [0.1, 0.15) is 18.1 Å². The molecule has 0 aliphatic carbocycles. The van der Waals surface area contributed by atoms with E-state index in [0.29, 0.717) is 5.56 Å². The molecule has 0 spiro atoms. The monoisotopic (exact) mass is 516 g/mol. The number of nitrogens with zero attached hydrogens (tertiary/aromatic N) is 1. The number of hydrogen-bond donors (Lipinski definition) is 4. The summed E-state index contributed by atoms with van der Waals surface area (Å²) in [6.45, 7) is 6.99. The molecule has 0 saturated carbocycles. The summed E-state index contributed by atoms with van der Waals surface area (Å²) in [5.74, 6) is -3.02. The van der Waals surface area contributed by atoms with Gasteiger partial charge in [-0.2, -0.15) is 0 Å². The largest absolute Gasteiger partial charge is 0.480 e. The molecular weight excluding hydrogens is 484 g/mol. The number of carbonyl (C=O) groups is 4. The zero-order valence-corrected chi connectivity index (χ0v) is 21.8. The molecule has 4 atom stereocenters. The topological polar surface area (TPSA) is 132 Å². The van der Waals surface area contributed by atoms with Crippen molar-refractivity contribution in [3.8, 4) is 0 Å². The maximum Gasteiger partial charge on any atom is 0.326 e. The van der Waals surface area contributed by atoms with Crippen LogP contribution in [0.25, 0.3) is 10.9 Å². The number of carboxylic acids is 1. The average Bonchev–Trinajstić information content (AvgIpc) is 3.40. The Labute approximate surface area is 220 Å². The summed E-state index contributed by atoms with van der Waals surface area (Å²) >= 11 is 0. The number of nitrogens with one attached hydrogen (secondary N) is 3. The molecule has 0 fully saturated rings. The van der Waals surface area contributed by atoms with Crippen molar-refractivity contribution < 1.29 is 24.3 Å². The molecule has 0 bridgehead atoms. The zero-order chi connectivity index (χ0) is 27.3. The summed E-state index contributed by atoms with van der Waals surface area (Å²) < 4.78 is 0. The van der Waals surface area contributed by atoms with Crippen molar-refractivity contribution in [2.24, 2.45) is 11.8 Å². The minimum Gasteiger partial charge on any atom is -0.480 e. The van der Waals surface area contributed by atoms with E-state index in [-0.39, 0.29) is 24.2 Å². The first-order valence-electron chi connectivity index (χ1n) is 12.9. The van der Waals surface area contributed by atoms with Gasteiger partial charge in [-0.15, -0.1) is 0 Å². The summed E-state index contributed by atoms with van der Waals surface area (Å²) in [5, 5.41) is 15.9. The van der Waals surface area contributed by atoms with Crippen LogP contribution in [0.4, 0.5) is 0 Å². The quantitative estimate of drug-likeness (QED) is 0.383. The van der Waals surface area contributed by atoms with Crippen LogP contribution < -0.4 is 10.6 Å². The maximum atomic E-state index is 13.9. The molecule has 2 aromatic carbocycles. The Kier molecular flexibility index (Phi) is 6.46. The third-order valence-corrected chi connectivity index (χ3v) is 7.63. The van der Waals surface area contributed by atoms with Gasteiger partial charge in [0.15, 0.2) is 0 Å². The molecule has 5 rings (SSSR count). The Morgan fingerprint density at radius 3 is 2.29 bits per heavy atom. The number of benzene rings is 2. The SMILES string of the molecule is CC(C)[C@H](NC(=O)[C@@H](NC(=O)[C@@H]1Cc2c([nH]c3ccccc23)C2c3ccccc3C(=O)N21)C(C)C)C(=O)O. The fourth-order valence-electron chi connectivity index (χ4n) is 5.68. The lowest BCUT2D eigenvalue weighted by molar-refractivity contribution is -0.143. The van der Waals surface area contributed by atoms with E-state index in [9.17, 15) is 24.3 Å². The van der Waals surface area contributed by atoms with Gasteiger partial charge in [-0.05, 0) is 35.1 Å². The number of aliphatic carboxylic acids is 1. The van der Waals surface area contributed by atoms with Crippen LogP contribution in [0, 0.1) is 11.8 Å². The fraction of sp³-hybridized carbons (Fsp3) is 0.379. The predicted octanol–water partition coefficient (Wildman–Crippen LogP) is 3.00. The van der Waals surface area contributed by atoms with Crippen LogP contribution in [-0.4, -0.2) is 56.8 Å². The van der Waals surface area contributed by atoms with Gasteiger partial charge in [0, 0.05) is 28.6 Å². The molecule has 2 aliphatic heterocycles. The van der Waals surface area contributed by atoms with Gasteiger partial charge in [0.25, 0.3) is 5.91 Å². The summed E-state index contributed by atoms with van der Waals surface area (Å²) in [5.41, 5.74) is 4.20. The van der Waals surface area contributed by atoms with Gasteiger partial charge >= 0.3 is 5.97 Å². The zero-order valence-electron chi connectivity index (χ0n) is 21.8. The lowest BCUT2D eigenvalue weighted by atomic mass is 9.89. The van der Waals surface area contributed by atoms with Gasteiger partial charge in [-0.1, -0.05) is 64.1 Å². The van der Waals surface area contributed by atoms with Crippen molar-refractivity contribution in [2.45, 2.75) is 58.3 Å². The third-order valence-electron chi connectivity index (χ3n) is 7.63. The summed E-state index contributed by atoms with van der Waals surface area (Å²) in [6.07, 6.45) is 0.289. The van der Waals surface area contributed by atoms with Crippen molar-refractivity contribution in [3.63, 3.8) is 0 Å². The molecule has 3 aromatic rings. The van der Waals surface area contributed by atoms with Gasteiger partial charge in [0.2, 0.25) is 11.8 Å². The molecule has 4 N–H and O–H groups in total. The van der Waals surface area contributed by atoms with Crippen LogP contribution in [0.1, 0.15) is 60.9 Å². The van der Waals surface area contributed by atoms with Crippen LogP contribution in [0.3, 0.4) is 0 Å². The van der Waals surface area contributed by atoms with Gasteiger partial charge in [0.05, 0.1) is 6.04 Å². The number of fused-ring (bicyclic) bond motifs is 7. The van der Waals surface area contributed by atoms with E-state index in [1.807, 2.05) is 42.5 Å². The number of aromatic amines is 1. The first-order chi connectivity index (χ1) is 18.1. The van der Waals surface area contributed by atoms with E-state index in [1.54, 1.807) is 38.7 Å². The molecule has 1 aromatic heterocycles. The van der Waals surface area contributed by atoms with Crippen LogP contribution >= 0.6 is 0 Å². The smallest absolute Gasteiger partial charge is 0.326 e. The Bertz CT molecular complexity index is 1440. The van der Waals surface area contributed by atoms with Crippen LogP contribution in [-0.2, 0) is 20.8 Å². The Hall–Kier alpha value is -4.14. The summed E-state index contributed by atoms with van der Waals surface area (Å²) in [6, 6.07) is 11.9. The minimum absolute atomic E-state index is 0.230. The highest BCUT2D eigenvalue weighted by molar-refractivity contribution is 6.04. The third kappa shape index (κ3) is 4.12. The van der Waals surface area contributed by atoms with Crippen LogP contribution in [0.2, 0.25) is 0 Å². The van der Waals surface area contributed by atoms with Gasteiger partial charge in [-0.25, -0.2) is 4.79 Å². The van der Waals surface area contributed by atoms with E-state index >= 15 is 0 Å². The Morgan fingerprint density at radius 1 is 0.947 bits per heavy atom. The van der Waals surface area contributed by atoms with E-state index in [1.165, 1.54) is 0 Å². The predicted molar refractivity (Wildman–Crippen MR) is 141 cm³/mol. The van der Waals surface area contributed by atoms with E-state index in [2.05, 4.69) is 15.6 Å². The number of aromatic nitrogens is 1. The fourth-order valence-corrected chi connectivity index (χ4v) is 5.68. The van der Waals surface area contributed by atoms with Crippen molar-refractivity contribution in [3.05, 3.63) is 70.9 Å². The molecule has 9 heteroatoms. The molecule has 1 unspecified atom stereocenters. The van der Waals surface area contributed by atoms with Gasteiger partial charge in [-0.3, -0.25) is 14.4 Å². The molecule has 0 radical (unpaired) electrons. The van der Waals surface area contributed by atoms with E-state index in [4.69, 9.17) is 0 Å². The Morgan fingerprint density at radius 2 is 1.61 bits per heavy atom. The maximum absolute atomic E-state index is 13.9. The molecule has 9 nitrogen and oxygen atoms in total. The highest BCUT2D eigenvalue weighted by Gasteiger charge is 2.49. The molecule has 38 heavy (non-hydrogen) atoms. The summed E-state index contributed by atoms with van der Waals surface area (Å²) in [4.78, 5) is 57.4. The minimum atomic E-state index is -1.13. The lowest BCUT2D eigenvalue weighted by Gasteiger charge is -2.38. The lowest BCUT2D eigenvalue weighted by Crippen LogP contribution is -2.59. The standard InChI is InChI=1S/C29H32N4O5/c1-14(2)22(27(35)32-23(15(3)4)29(37)38)31-26(34)21-13-19-16-9-7-8-12-20(16)30-24(19)25-17-10-5-6-11-18(17)28(36)33(21)25/h5-12,14-15,21-23,25,30H,13H2,1-4H3,(H,31,34)(H,32,35)(H,37,38)/t21-,22-,23-,25?/m0/s1. The second-order valence-electron chi connectivity index (χ2n) is 10.8. The van der Waals surface area contributed by atoms with E-state index in [0.717, 1.165) is 27.7 Å². The van der Waals surface area contributed by atoms with Crippen molar-refractivity contribution in [1.82, 2.24) is 20.5 Å². The second-order valence-corrected chi connectivity index (χ2v) is 10.8. The number of carbonyl (C=O) groups excluding carboxylic acids is 3. The Balaban J connectivity index is 1.50. The molecule has 3 heterocycles. The molecule has 3 amide bonds. The highest BCUT2D eigenvalue weighted by Crippen LogP contribution is 2.46. The number of hydrogen-bond acceptors (Lipinski definition) is 4. The molecule has 0 saturated heterocycles. The number of rotatable bonds is 7. The normalized spacial score (nSPS) is 19.6. The highest BCUT2D eigenvalue weighted by atomic mass is 16.4. The van der Waals surface area contributed by atoms with Crippen molar-refractivity contribution in [1.29, 1.82) is 0 Å². The van der Waals surface area contributed by atoms with Crippen molar-refractivity contribution >= 4 is 34.6 Å². The molecular formula is C29H32N4O5. The van der Waals surface area contributed by atoms with E-state index < -0.39 is 42.0 Å². The van der Waals surface area contributed by atoms with Crippen LogP contribution in [0.5, 0.6) is 0 Å². The molecule has 2 aliphatic rings. The molecule has 198 valence electrons. The second kappa shape index (κ2) is 9.63. The number of carboxylic acid groups (broad SMARTS) is 1. The summed E-state index contributed by atoms with van der Waals surface area (Å²) in [7, 11) is 0. The van der Waals surface area contributed by atoms with Gasteiger partial charge < -0.3 is 25.6 Å². The first kappa shape index (κ1) is 25.5. The van der Waals surface area contributed by atoms with Crippen LogP contribution in [0.15, 0.2) is 48.5 Å². The first-order valence-corrected chi connectivity index (χ1v) is 12.9.